The Kier molecular flexibility index (Phi) is 4.50. The molecule has 5 nitrogen and oxygen atoms in total. The maximum atomic E-state index is 12.6. The van der Waals surface area contributed by atoms with Gasteiger partial charge in [0.1, 0.15) is 11.6 Å². The van der Waals surface area contributed by atoms with E-state index in [0.29, 0.717) is 11.3 Å². The van der Waals surface area contributed by atoms with Crippen molar-refractivity contribution in [2.75, 3.05) is 12.5 Å². The van der Waals surface area contributed by atoms with Crippen LogP contribution in [0.1, 0.15) is 15.9 Å². The van der Waals surface area contributed by atoms with Crippen LogP contribution >= 0.6 is 0 Å². The number of halogens is 3. The van der Waals surface area contributed by atoms with E-state index in [1.807, 2.05) is 0 Å². The van der Waals surface area contributed by atoms with Crippen LogP contribution < -0.4 is 15.6 Å². The summed E-state index contributed by atoms with van der Waals surface area (Å²) in [5, 5.41) is 0. The van der Waals surface area contributed by atoms with Gasteiger partial charge in [0.25, 0.3) is 5.91 Å². The van der Waals surface area contributed by atoms with E-state index in [9.17, 15) is 18.0 Å². The SMILES string of the molecule is COc1cccc(C(=O)NNc2cc(C(F)(F)F)ccn2)c1. The van der Waals surface area contributed by atoms with Crippen molar-refractivity contribution in [2.45, 2.75) is 6.18 Å². The maximum Gasteiger partial charge on any atom is 0.416 e. The summed E-state index contributed by atoms with van der Waals surface area (Å²) in [5.74, 6) is -0.158. The lowest BCUT2D eigenvalue weighted by Gasteiger charge is -2.11. The Morgan fingerprint density at radius 1 is 1.23 bits per heavy atom. The molecule has 1 heterocycles. The number of alkyl halides is 3. The minimum Gasteiger partial charge on any atom is -0.497 e. The summed E-state index contributed by atoms with van der Waals surface area (Å²) in [6.07, 6.45) is -3.47. The monoisotopic (exact) mass is 311 g/mol. The van der Waals surface area contributed by atoms with Crippen molar-refractivity contribution in [3.05, 3.63) is 53.7 Å². The van der Waals surface area contributed by atoms with Crippen molar-refractivity contribution in [3.8, 4) is 5.75 Å². The number of amides is 1. The molecule has 0 unspecified atom stereocenters. The van der Waals surface area contributed by atoms with E-state index in [0.717, 1.165) is 18.3 Å². The summed E-state index contributed by atoms with van der Waals surface area (Å²) >= 11 is 0. The number of carbonyl (C=O) groups is 1. The highest BCUT2D eigenvalue weighted by Gasteiger charge is 2.30. The van der Waals surface area contributed by atoms with Gasteiger partial charge < -0.3 is 4.74 Å². The summed E-state index contributed by atoms with van der Waals surface area (Å²) in [6.45, 7) is 0. The molecule has 1 aromatic carbocycles. The van der Waals surface area contributed by atoms with Crippen molar-refractivity contribution in [3.63, 3.8) is 0 Å². The molecule has 22 heavy (non-hydrogen) atoms. The second-order valence-corrected chi connectivity index (χ2v) is 4.24. The zero-order chi connectivity index (χ0) is 16.2. The van der Waals surface area contributed by atoms with Crippen LogP contribution in [0.15, 0.2) is 42.6 Å². The minimum atomic E-state index is -4.48. The highest BCUT2D eigenvalue weighted by molar-refractivity contribution is 5.95. The van der Waals surface area contributed by atoms with Crippen molar-refractivity contribution in [1.82, 2.24) is 10.4 Å². The Hall–Kier alpha value is -2.77. The predicted octanol–water partition coefficient (Wildman–Crippen LogP) is 2.87. The number of ether oxygens (including phenoxy) is 1. The third-order valence-electron chi connectivity index (χ3n) is 2.72. The van der Waals surface area contributed by atoms with Crippen LogP contribution in [0.2, 0.25) is 0 Å². The molecule has 0 atom stereocenters. The van der Waals surface area contributed by atoms with Crippen LogP contribution in [0.5, 0.6) is 5.75 Å². The van der Waals surface area contributed by atoms with Gasteiger partial charge in [0, 0.05) is 11.8 Å². The van der Waals surface area contributed by atoms with E-state index in [2.05, 4.69) is 15.8 Å². The lowest BCUT2D eigenvalue weighted by molar-refractivity contribution is -0.137. The van der Waals surface area contributed by atoms with E-state index in [-0.39, 0.29) is 5.82 Å². The van der Waals surface area contributed by atoms with E-state index in [4.69, 9.17) is 4.74 Å². The van der Waals surface area contributed by atoms with E-state index >= 15 is 0 Å². The Bertz CT molecular complexity index is 674. The number of hydrogen-bond acceptors (Lipinski definition) is 4. The standard InChI is InChI=1S/C14H12F3N3O2/c1-22-11-4-2-3-9(7-11)13(21)20-19-12-8-10(5-6-18-12)14(15,16)17/h2-8H,1H3,(H,18,19)(H,20,21). The molecule has 116 valence electrons. The molecule has 0 fully saturated rings. The number of anilines is 1. The summed E-state index contributed by atoms with van der Waals surface area (Å²) in [5.41, 5.74) is 4.04. The Morgan fingerprint density at radius 2 is 2.00 bits per heavy atom. The fraction of sp³-hybridized carbons (Fsp3) is 0.143. The lowest BCUT2D eigenvalue weighted by Crippen LogP contribution is -2.29. The molecule has 0 aliphatic heterocycles. The van der Waals surface area contributed by atoms with Gasteiger partial charge in [-0.05, 0) is 30.3 Å². The lowest BCUT2D eigenvalue weighted by atomic mass is 10.2. The van der Waals surface area contributed by atoms with E-state index < -0.39 is 17.6 Å². The first kappa shape index (κ1) is 15.6. The van der Waals surface area contributed by atoms with Crippen molar-refractivity contribution in [2.24, 2.45) is 0 Å². The average Bonchev–Trinajstić information content (AvgIpc) is 2.52. The summed E-state index contributed by atoms with van der Waals surface area (Å²) < 4.78 is 42.7. The van der Waals surface area contributed by atoms with Crippen molar-refractivity contribution >= 4 is 11.7 Å². The molecular formula is C14H12F3N3O2. The van der Waals surface area contributed by atoms with Gasteiger partial charge in [-0.2, -0.15) is 13.2 Å². The van der Waals surface area contributed by atoms with E-state index in [1.165, 1.54) is 13.2 Å². The van der Waals surface area contributed by atoms with Gasteiger partial charge in [-0.3, -0.25) is 15.6 Å². The number of hydrogen-bond donors (Lipinski definition) is 2. The number of nitrogens with one attached hydrogen (secondary N) is 2. The van der Waals surface area contributed by atoms with E-state index in [1.54, 1.807) is 18.2 Å². The molecule has 8 heteroatoms. The molecule has 2 aromatic rings. The third-order valence-corrected chi connectivity index (χ3v) is 2.72. The van der Waals surface area contributed by atoms with Crippen LogP contribution in [0.25, 0.3) is 0 Å². The van der Waals surface area contributed by atoms with Gasteiger partial charge in [-0.1, -0.05) is 6.07 Å². The molecule has 1 amide bonds. The van der Waals surface area contributed by atoms with Crippen molar-refractivity contribution < 1.29 is 22.7 Å². The van der Waals surface area contributed by atoms with Gasteiger partial charge >= 0.3 is 6.18 Å². The predicted molar refractivity (Wildman–Crippen MR) is 73.3 cm³/mol. The molecule has 0 saturated heterocycles. The Labute approximate surface area is 124 Å². The first-order valence-electron chi connectivity index (χ1n) is 6.14. The topological polar surface area (TPSA) is 63.2 Å². The van der Waals surface area contributed by atoms with Gasteiger partial charge in [0.2, 0.25) is 0 Å². The third kappa shape index (κ3) is 3.87. The second-order valence-electron chi connectivity index (χ2n) is 4.24. The zero-order valence-electron chi connectivity index (χ0n) is 11.4. The fourth-order valence-electron chi connectivity index (χ4n) is 1.63. The molecule has 0 aliphatic carbocycles. The average molecular weight is 311 g/mol. The van der Waals surface area contributed by atoms with Gasteiger partial charge in [0.05, 0.1) is 12.7 Å². The summed E-state index contributed by atoms with van der Waals surface area (Å²) in [4.78, 5) is 15.6. The molecule has 2 N–H and O–H groups in total. The molecule has 0 bridgehead atoms. The number of aromatic nitrogens is 1. The molecular weight excluding hydrogens is 299 g/mol. The molecule has 0 saturated carbocycles. The molecule has 0 aliphatic rings. The number of nitrogens with zero attached hydrogens (tertiary/aromatic N) is 1. The molecule has 2 rings (SSSR count). The maximum absolute atomic E-state index is 12.6. The van der Waals surface area contributed by atoms with Crippen LogP contribution in [0, 0.1) is 0 Å². The van der Waals surface area contributed by atoms with Gasteiger partial charge in [-0.15, -0.1) is 0 Å². The Balaban J connectivity index is 2.05. The van der Waals surface area contributed by atoms with Gasteiger partial charge in [0.15, 0.2) is 0 Å². The van der Waals surface area contributed by atoms with Gasteiger partial charge in [-0.25, -0.2) is 4.98 Å². The quantitative estimate of drug-likeness (QED) is 0.852. The van der Waals surface area contributed by atoms with Crippen LogP contribution in [0.4, 0.5) is 19.0 Å². The second kappa shape index (κ2) is 6.33. The fourth-order valence-corrected chi connectivity index (χ4v) is 1.63. The molecule has 0 radical (unpaired) electrons. The molecule has 0 spiro atoms. The summed E-state index contributed by atoms with van der Waals surface area (Å²) in [6, 6.07) is 7.96. The normalized spacial score (nSPS) is 10.9. The van der Waals surface area contributed by atoms with Crippen LogP contribution in [-0.2, 0) is 6.18 Å². The number of methoxy groups -OCH3 is 1. The first-order valence-corrected chi connectivity index (χ1v) is 6.14. The smallest absolute Gasteiger partial charge is 0.416 e. The first-order chi connectivity index (χ1) is 10.4. The number of hydrazine groups is 1. The van der Waals surface area contributed by atoms with Crippen LogP contribution in [0.3, 0.4) is 0 Å². The largest absolute Gasteiger partial charge is 0.497 e. The number of benzene rings is 1. The summed E-state index contributed by atoms with van der Waals surface area (Å²) in [7, 11) is 1.46. The molecule has 1 aromatic heterocycles. The Morgan fingerprint density at radius 3 is 2.68 bits per heavy atom. The number of carbonyl (C=O) groups excluding carboxylic acids is 1. The van der Waals surface area contributed by atoms with Crippen LogP contribution in [-0.4, -0.2) is 18.0 Å². The highest BCUT2D eigenvalue weighted by Crippen LogP contribution is 2.29. The van der Waals surface area contributed by atoms with Crippen molar-refractivity contribution in [1.29, 1.82) is 0 Å². The highest BCUT2D eigenvalue weighted by atomic mass is 19.4. The number of rotatable bonds is 4. The number of pyridine rings is 1. The minimum absolute atomic E-state index is 0.119. The zero-order valence-corrected chi connectivity index (χ0v) is 11.4.